The molecule has 3 aliphatic carbocycles. The van der Waals surface area contributed by atoms with E-state index in [2.05, 4.69) is 94.2 Å². The van der Waals surface area contributed by atoms with Crippen LogP contribution in [0.25, 0.3) is 33.1 Å². The van der Waals surface area contributed by atoms with Crippen LogP contribution in [0.2, 0.25) is 0 Å². The lowest BCUT2D eigenvalue weighted by atomic mass is 9.90. The summed E-state index contributed by atoms with van der Waals surface area (Å²) in [4.78, 5) is 44.1. The molecule has 19 heteroatoms. The van der Waals surface area contributed by atoms with Crippen molar-refractivity contribution in [2.75, 3.05) is 54.0 Å². The van der Waals surface area contributed by atoms with Crippen molar-refractivity contribution in [3.63, 3.8) is 0 Å². The van der Waals surface area contributed by atoms with Crippen molar-refractivity contribution in [3.05, 3.63) is 90.3 Å². The van der Waals surface area contributed by atoms with Crippen molar-refractivity contribution in [2.45, 2.75) is 166 Å². The third-order valence-electron chi connectivity index (χ3n) is 17.1. The van der Waals surface area contributed by atoms with E-state index in [1.807, 2.05) is 36.4 Å². The molecule has 19 nitrogen and oxygen atoms in total. The Morgan fingerprint density at radius 3 is 1.09 bits per heavy atom. The number of ketones is 1. The van der Waals surface area contributed by atoms with Gasteiger partial charge in [-0.1, -0.05) is 20.8 Å². The normalized spacial score (nSPS) is 26.9. The van der Waals surface area contributed by atoms with Crippen LogP contribution in [0.1, 0.15) is 134 Å². The molecule has 6 heterocycles. The molecule has 6 aliphatic rings. The van der Waals surface area contributed by atoms with Gasteiger partial charge in [-0.05, 0) is 138 Å². The quantitative estimate of drug-likeness (QED) is 0.0908. The van der Waals surface area contributed by atoms with E-state index in [-0.39, 0.29) is 24.4 Å². The number of aliphatic hydroxyl groups is 3. The summed E-state index contributed by atoms with van der Waals surface area (Å²) in [6.07, 6.45) is 23.3. The molecule has 0 bridgehead atoms. The number of nitrogens with zero attached hydrogens (tertiary/aromatic N) is 12. The van der Waals surface area contributed by atoms with Crippen molar-refractivity contribution in [3.8, 4) is 18.2 Å². The number of aromatic nitrogens is 6. The van der Waals surface area contributed by atoms with Crippen LogP contribution in [0, 0.1) is 51.7 Å². The third kappa shape index (κ3) is 15.3. The lowest BCUT2D eigenvalue weighted by Gasteiger charge is -2.41. The van der Waals surface area contributed by atoms with Crippen molar-refractivity contribution in [1.29, 1.82) is 15.8 Å². The molecular formula is C63H81N15O4. The standard InChI is InChI=1S/2C21H27N5O.C15H17N5.C6H10O2/c2*1-14-10-17(25-16-3-5-18(27)6-4-16)13-26(12-14)19-7-2-15(11-22)20-21(19)24-9-8-23-20;1-10-6-12(17)9-20(8-10)13-3-2-11(7-16)14-15(13)19-5-4-18-14;7-5-1-2-6(8)4-3-5/h2*2,7-9,14,16-18,25,27H,3-6,10,12-13H2,1H3;2-5,10,12H,6,8-9,17H2,1H3;5,7H,1-4H2. The molecule has 3 aliphatic heterocycles. The fourth-order valence-corrected chi connectivity index (χ4v) is 13.2. The summed E-state index contributed by atoms with van der Waals surface area (Å²) in [5, 5.41) is 63.9. The lowest BCUT2D eigenvalue weighted by Crippen LogP contribution is -2.52. The van der Waals surface area contributed by atoms with Crippen molar-refractivity contribution >= 4 is 55.9 Å². The third-order valence-corrected chi connectivity index (χ3v) is 17.1. The Hall–Kier alpha value is -7.02. The number of nitriles is 3. The van der Waals surface area contributed by atoms with Gasteiger partial charge in [0.15, 0.2) is 0 Å². The zero-order valence-electron chi connectivity index (χ0n) is 47.8. The Kier molecular flexibility index (Phi) is 20.6. The summed E-state index contributed by atoms with van der Waals surface area (Å²) < 4.78 is 0. The largest absolute Gasteiger partial charge is 0.393 e. The number of hydrogen-bond donors (Lipinski definition) is 6. The van der Waals surface area contributed by atoms with Crippen LogP contribution in [0.5, 0.6) is 0 Å². The van der Waals surface area contributed by atoms with Gasteiger partial charge in [0.1, 0.15) is 57.1 Å². The first-order valence-corrected chi connectivity index (χ1v) is 29.7. The number of anilines is 3. The van der Waals surface area contributed by atoms with E-state index >= 15 is 0 Å². The van der Waals surface area contributed by atoms with E-state index < -0.39 is 0 Å². The van der Waals surface area contributed by atoms with Crippen LogP contribution in [0.4, 0.5) is 17.1 Å². The predicted octanol–water partition coefficient (Wildman–Crippen LogP) is 7.38. The highest BCUT2D eigenvalue weighted by molar-refractivity contribution is 5.94. The van der Waals surface area contributed by atoms with E-state index in [4.69, 9.17) is 16.1 Å². The fourth-order valence-electron chi connectivity index (χ4n) is 13.2. The van der Waals surface area contributed by atoms with Crippen molar-refractivity contribution in [2.24, 2.45) is 23.5 Å². The second-order valence-electron chi connectivity index (χ2n) is 24.0. The molecule has 6 unspecified atom stereocenters. The molecule has 3 aromatic carbocycles. The number of nitrogens with one attached hydrogen (secondary N) is 2. The number of benzene rings is 3. The Morgan fingerprint density at radius 2 is 0.756 bits per heavy atom. The SMILES string of the molecule is CC1CC(N)CN(c2ccc(C#N)c3nccnc23)C1.CC1CC(NC2CCC(O)CC2)CN(c2ccc(C#N)c3nccnc23)C1.CC1CC(NC2CCC(O)CC2)CN(c2ccc(C#N)c3nccnc23)C1.O=C1CCC(O)CC1. The van der Waals surface area contributed by atoms with Gasteiger partial charge in [0.05, 0.1) is 52.1 Å². The first-order valence-electron chi connectivity index (χ1n) is 29.7. The fraction of sp³-hybridized carbons (Fsp3) is 0.556. The number of aliphatic hydroxyl groups excluding tert-OH is 3. The van der Waals surface area contributed by atoms with E-state index in [0.717, 1.165) is 144 Å². The summed E-state index contributed by atoms with van der Waals surface area (Å²) in [6, 6.07) is 20.2. The predicted molar refractivity (Wildman–Crippen MR) is 319 cm³/mol. The van der Waals surface area contributed by atoms with Crippen LogP contribution < -0.4 is 31.1 Å². The molecule has 432 valence electrons. The van der Waals surface area contributed by atoms with E-state index in [1.165, 1.54) is 0 Å². The molecule has 6 atom stereocenters. The van der Waals surface area contributed by atoms with E-state index in [0.29, 0.717) is 107 Å². The zero-order chi connectivity index (χ0) is 57.7. The van der Waals surface area contributed by atoms with E-state index in [1.54, 1.807) is 37.2 Å². The second kappa shape index (κ2) is 28.3. The van der Waals surface area contributed by atoms with Crippen molar-refractivity contribution in [1.82, 2.24) is 40.5 Å². The summed E-state index contributed by atoms with van der Waals surface area (Å²) in [7, 11) is 0. The van der Waals surface area contributed by atoms with Gasteiger partial charge >= 0.3 is 0 Å². The molecule has 7 N–H and O–H groups in total. The Bertz CT molecular complexity index is 3080. The maximum Gasteiger partial charge on any atom is 0.133 e. The van der Waals surface area contributed by atoms with Crippen LogP contribution >= 0.6 is 0 Å². The number of carbonyl (C=O) groups excluding carboxylic acids is 1. The summed E-state index contributed by atoms with van der Waals surface area (Å²) >= 11 is 0. The number of piperidine rings is 3. The second-order valence-corrected chi connectivity index (χ2v) is 24.0. The average Bonchev–Trinajstić information content (AvgIpc) is 3.61. The maximum absolute atomic E-state index is 10.5. The summed E-state index contributed by atoms with van der Waals surface area (Å²) in [6.45, 7) is 12.4. The topological polar surface area (TPSA) is 286 Å². The number of carbonyl (C=O) groups is 1. The Balaban J connectivity index is 0.000000140. The highest BCUT2D eigenvalue weighted by Gasteiger charge is 2.32. The molecule has 6 aromatic rings. The van der Waals surface area contributed by atoms with Crippen molar-refractivity contribution < 1.29 is 20.1 Å². The molecule has 3 aromatic heterocycles. The first-order chi connectivity index (χ1) is 39.7. The van der Waals surface area contributed by atoms with Gasteiger partial charge in [-0.2, -0.15) is 15.8 Å². The highest BCUT2D eigenvalue weighted by Crippen LogP contribution is 2.34. The smallest absolute Gasteiger partial charge is 0.133 e. The molecule has 82 heavy (non-hydrogen) atoms. The highest BCUT2D eigenvalue weighted by atomic mass is 16.3. The molecule has 12 rings (SSSR count). The lowest BCUT2D eigenvalue weighted by molar-refractivity contribution is -0.122. The molecule has 0 spiro atoms. The number of rotatable bonds is 7. The number of nitrogens with two attached hydrogens (primary N) is 1. The number of Topliss-reactive ketones (excluding diaryl/α,β-unsaturated/α-hetero) is 1. The van der Waals surface area contributed by atoms with Gasteiger partial charge in [-0.25, -0.2) is 0 Å². The minimum Gasteiger partial charge on any atom is -0.393 e. The maximum atomic E-state index is 10.5. The number of hydrogen-bond acceptors (Lipinski definition) is 19. The zero-order valence-corrected chi connectivity index (χ0v) is 47.8. The van der Waals surface area contributed by atoms with Crippen LogP contribution in [0.15, 0.2) is 73.6 Å². The van der Waals surface area contributed by atoms with Crippen LogP contribution in [-0.4, -0.2) is 139 Å². The van der Waals surface area contributed by atoms with Gasteiger partial charge in [0.2, 0.25) is 0 Å². The molecule has 3 saturated heterocycles. The monoisotopic (exact) mass is 1110 g/mol. The minimum atomic E-state index is -0.201. The van der Waals surface area contributed by atoms with Crippen LogP contribution in [-0.2, 0) is 4.79 Å². The van der Waals surface area contributed by atoms with Gasteiger partial charge in [-0.3, -0.25) is 34.7 Å². The first kappa shape index (κ1) is 59.6. The van der Waals surface area contributed by atoms with Gasteiger partial charge < -0.3 is 46.4 Å². The van der Waals surface area contributed by atoms with E-state index in [9.17, 15) is 25.5 Å². The minimum absolute atomic E-state index is 0.117. The molecule has 0 amide bonds. The molecular weight excluding hydrogens is 1030 g/mol. The molecule has 6 fully saturated rings. The molecule has 3 saturated carbocycles. The molecule has 0 radical (unpaired) electrons. The number of fused-ring (bicyclic) bond motifs is 3. The van der Waals surface area contributed by atoms with Gasteiger partial charge in [0, 0.05) is 120 Å². The van der Waals surface area contributed by atoms with Crippen LogP contribution in [0.3, 0.4) is 0 Å². The van der Waals surface area contributed by atoms with Gasteiger partial charge in [-0.15, -0.1) is 0 Å². The summed E-state index contributed by atoms with van der Waals surface area (Å²) in [5.41, 5.74) is 15.4. The Morgan fingerprint density at radius 1 is 0.439 bits per heavy atom. The average molecular weight is 1110 g/mol. The summed E-state index contributed by atoms with van der Waals surface area (Å²) in [5.74, 6) is 2.01. The van der Waals surface area contributed by atoms with Gasteiger partial charge in [0.25, 0.3) is 0 Å². The Labute approximate surface area is 482 Å².